The third-order valence-corrected chi connectivity index (χ3v) is 5.52. The molecule has 0 saturated heterocycles. The monoisotopic (exact) mass is 235 g/mol. The summed E-state index contributed by atoms with van der Waals surface area (Å²) in [5, 5.41) is 0. The zero-order chi connectivity index (χ0) is 12.0. The lowest BCUT2D eigenvalue weighted by molar-refractivity contribution is -0.137. The molecule has 4 rings (SSSR count). The van der Waals surface area contributed by atoms with Crippen molar-refractivity contribution in [2.45, 2.75) is 57.9 Å². The molecule has 0 radical (unpaired) electrons. The topological polar surface area (TPSA) is 43.1 Å². The SMILES string of the molecule is CCCC(N)C(=O)C1C2CC3CC(C2)CC1C3. The van der Waals surface area contributed by atoms with Crippen LogP contribution in [0.25, 0.3) is 0 Å². The molecule has 0 heterocycles. The molecule has 0 aromatic heterocycles. The van der Waals surface area contributed by atoms with E-state index < -0.39 is 0 Å². The maximum absolute atomic E-state index is 12.5. The van der Waals surface area contributed by atoms with Gasteiger partial charge >= 0.3 is 0 Å². The van der Waals surface area contributed by atoms with Crippen molar-refractivity contribution >= 4 is 5.78 Å². The van der Waals surface area contributed by atoms with Crippen LogP contribution < -0.4 is 5.73 Å². The van der Waals surface area contributed by atoms with Crippen LogP contribution in [-0.2, 0) is 4.79 Å². The minimum Gasteiger partial charge on any atom is -0.321 e. The summed E-state index contributed by atoms with van der Waals surface area (Å²) in [6.45, 7) is 2.12. The molecule has 2 N–H and O–H groups in total. The second kappa shape index (κ2) is 4.38. The molecule has 4 saturated carbocycles. The van der Waals surface area contributed by atoms with Crippen molar-refractivity contribution in [2.24, 2.45) is 35.3 Å². The molecule has 4 aliphatic carbocycles. The van der Waals surface area contributed by atoms with Crippen molar-refractivity contribution in [2.75, 3.05) is 0 Å². The summed E-state index contributed by atoms with van der Waals surface area (Å²) in [4.78, 5) is 12.5. The fourth-order valence-electron chi connectivity index (χ4n) is 5.09. The standard InChI is InChI=1S/C15H25NO/c1-2-3-13(16)15(17)14-11-5-9-4-10(7-11)8-12(14)6-9/h9-14H,2-8,16H2,1H3. The Bertz CT molecular complexity index is 284. The first-order chi connectivity index (χ1) is 8.19. The van der Waals surface area contributed by atoms with Gasteiger partial charge in [0, 0.05) is 5.92 Å². The average molecular weight is 235 g/mol. The first-order valence-electron chi connectivity index (χ1n) is 7.48. The molecule has 2 nitrogen and oxygen atoms in total. The van der Waals surface area contributed by atoms with Gasteiger partial charge in [0.15, 0.2) is 5.78 Å². The summed E-state index contributed by atoms with van der Waals surface area (Å²) in [6, 6.07) is -0.178. The Morgan fingerprint density at radius 1 is 1.12 bits per heavy atom. The highest BCUT2D eigenvalue weighted by atomic mass is 16.1. The molecular formula is C15H25NO. The van der Waals surface area contributed by atoms with Gasteiger partial charge in [-0.25, -0.2) is 0 Å². The number of hydrogen-bond acceptors (Lipinski definition) is 2. The largest absolute Gasteiger partial charge is 0.321 e. The van der Waals surface area contributed by atoms with Gasteiger partial charge < -0.3 is 5.73 Å². The lowest BCUT2D eigenvalue weighted by Crippen LogP contribution is -2.51. The summed E-state index contributed by atoms with van der Waals surface area (Å²) in [5.41, 5.74) is 6.06. The Balaban J connectivity index is 1.73. The van der Waals surface area contributed by atoms with E-state index in [0.29, 0.717) is 23.5 Å². The molecule has 0 aromatic rings. The number of carbonyl (C=O) groups excluding carboxylic acids is 1. The summed E-state index contributed by atoms with van der Waals surface area (Å²) in [5.74, 6) is 4.03. The molecule has 0 amide bonds. The van der Waals surface area contributed by atoms with Gasteiger partial charge in [0.25, 0.3) is 0 Å². The maximum atomic E-state index is 12.5. The van der Waals surface area contributed by atoms with Crippen LogP contribution in [0.1, 0.15) is 51.9 Å². The Labute approximate surface area is 104 Å². The molecule has 0 aliphatic heterocycles. The van der Waals surface area contributed by atoms with Gasteiger partial charge in [-0.3, -0.25) is 4.79 Å². The summed E-state index contributed by atoms with van der Waals surface area (Å²) >= 11 is 0. The Hall–Kier alpha value is -0.370. The van der Waals surface area contributed by atoms with Gasteiger partial charge in [0.2, 0.25) is 0 Å². The normalized spacial score (nSPS) is 44.9. The van der Waals surface area contributed by atoms with E-state index >= 15 is 0 Å². The van der Waals surface area contributed by atoms with E-state index in [4.69, 9.17) is 5.73 Å². The van der Waals surface area contributed by atoms with Crippen molar-refractivity contribution in [3.63, 3.8) is 0 Å². The van der Waals surface area contributed by atoms with Crippen LogP contribution in [0.2, 0.25) is 0 Å². The maximum Gasteiger partial charge on any atom is 0.153 e. The molecule has 4 aliphatic rings. The lowest BCUT2D eigenvalue weighted by atomic mass is 9.50. The van der Waals surface area contributed by atoms with Crippen molar-refractivity contribution in [1.82, 2.24) is 0 Å². The smallest absolute Gasteiger partial charge is 0.153 e. The minimum atomic E-state index is -0.178. The van der Waals surface area contributed by atoms with Gasteiger partial charge in [0.1, 0.15) is 0 Å². The predicted octanol–water partition coefficient (Wildman–Crippen LogP) is 2.76. The number of rotatable bonds is 4. The molecule has 4 fully saturated rings. The van der Waals surface area contributed by atoms with E-state index in [-0.39, 0.29) is 6.04 Å². The Morgan fingerprint density at radius 3 is 2.12 bits per heavy atom. The van der Waals surface area contributed by atoms with Crippen LogP contribution >= 0.6 is 0 Å². The van der Waals surface area contributed by atoms with Crippen LogP contribution in [0.4, 0.5) is 0 Å². The second-order valence-electron chi connectivity index (χ2n) is 6.75. The molecule has 96 valence electrons. The highest BCUT2D eigenvalue weighted by Crippen LogP contribution is 2.56. The lowest BCUT2D eigenvalue weighted by Gasteiger charge is -2.54. The molecule has 17 heavy (non-hydrogen) atoms. The quantitative estimate of drug-likeness (QED) is 0.814. The predicted molar refractivity (Wildman–Crippen MR) is 68.4 cm³/mol. The average Bonchev–Trinajstić information content (AvgIpc) is 2.27. The number of carbonyl (C=O) groups is 1. The number of Topliss-reactive ketones (excluding diaryl/α,β-unsaturated/α-hetero) is 1. The van der Waals surface area contributed by atoms with E-state index in [1.54, 1.807) is 0 Å². The fourth-order valence-corrected chi connectivity index (χ4v) is 5.09. The molecular weight excluding hydrogens is 210 g/mol. The summed E-state index contributed by atoms with van der Waals surface area (Å²) < 4.78 is 0. The zero-order valence-corrected chi connectivity index (χ0v) is 10.9. The molecule has 2 heteroatoms. The Kier molecular flexibility index (Phi) is 3.02. The van der Waals surface area contributed by atoms with Crippen molar-refractivity contribution in [3.8, 4) is 0 Å². The van der Waals surface area contributed by atoms with Crippen LogP contribution in [0.5, 0.6) is 0 Å². The first kappa shape index (κ1) is 11.7. The van der Waals surface area contributed by atoms with E-state index in [0.717, 1.165) is 24.7 Å². The van der Waals surface area contributed by atoms with Crippen LogP contribution in [-0.4, -0.2) is 11.8 Å². The highest BCUT2D eigenvalue weighted by molar-refractivity contribution is 5.86. The molecule has 0 spiro atoms. The molecule has 1 atom stereocenters. The van der Waals surface area contributed by atoms with Gasteiger partial charge in [-0.1, -0.05) is 13.3 Å². The first-order valence-corrected chi connectivity index (χ1v) is 7.48. The summed E-state index contributed by atoms with van der Waals surface area (Å²) in [6.07, 6.45) is 8.64. The van der Waals surface area contributed by atoms with Crippen molar-refractivity contribution < 1.29 is 4.79 Å². The molecule has 0 aromatic carbocycles. The fraction of sp³-hybridized carbons (Fsp3) is 0.933. The van der Waals surface area contributed by atoms with Gasteiger partial charge in [0.05, 0.1) is 6.04 Å². The minimum absolute atomic E-state index is 0.178. The molecule has 4 bridgehead atoms. The zero-order valence-electron chi connectivity index (χ0n) is 10.9. The number of hydrogen-bond donors (Lipinski definition) is 1. The Morgan fingerprint density at radius 2 is 1.65 bits per heavy atom. The van der Waals surface area contributed by atoms with Crippen molar-refractivity contribution in [1.29, 1.82) is 0 Å². The van der Waals surface area contributed by atoms with E-state index in [2.05, 4.69) is 6.92 Å². The van der Waals surface area contributed by atoms with Crippen LogP contribution in [0.3, 0.4) is 0 Å². The highest BCUT2D eigenvalue weighted by Gasteiger charge is 2.51. The van der Waals surface area contributed by atoms with Crippen LogP contribution in [0.15, 0.2) is 0 Å². The third-order valence-electron chi connectivity index (χ3n) is 5.52. The number of ketones is 1. The van der Waals surface area contributed by atoms with E-state index in [1.807, 2.05) is 0 Å². The van der Waals surface area contributed by atoms with E-state index in [1.165, 1.54) is 32.1 Å². The van der Waals surface area contributed by atoms with E-state index in [9.17, 15) is 4.79 Å². The number of nitrogens with two attached hydrogens (primary N) is 1. The van der Waals surface area contributed by atoms with Crippen LogP contribution in [0, 0.1) is 29.6 Å². The third kappa shape index (κ3) is 1.95. The van der Waals surface area contributed by atoms with Gasteiger partial charge in [-0.2, -0.15) is 0 Å². The molecule has 1 unspecified atom stereocenters. The summed E-state index contributed by atoms with van der Waals surface area (Å²) in [7, 11) is 0. The van der Waals surface area contributed by atoms with Gasteiger partial charge in [-0.15, -0.1) is 0 Å². The second-order valence-corrected chi connectivity index (χ2v) is 6.75. The van der Waals surface area contributed by atoms with Crippen molar-refractivity contribution in [3.05, 3.63) is 0 Å². The van der Waals surface area contributed by atoms with Gasteiger partial charge in [-0.05, 0) is 62.2 Å².